The Balaban J connectivity index is 1.90. The fourth-order valence-corrected chi connectivity index (χ4v) is 2.43. The molecule has 5 heteroatoms. The van der Waals surface area contributed by atoms with Crippen LogP contribution >= 0.6 is 0 Å². The van der Waals surface area contributed by atoms with Crippen molar-refractivity contribution in [1.29, 1.82) is 0 Å². The second kappa shape index (κ2) is 7.57. The Morgan fingerprint density at radius 2 is 2.35 bits per heavy atom. The van der Waals surface area contributed by atoms with Crippen molar-refractivity contribution in [3.05, 3.63) is 23.9 Å². The summed E-state index contributed by atoms with van der Waals surface area (Å²) in [4.78, 5) is 9.16. The molecule has 1 aromatic heterocycles. The maximum atomic E-state index is 5.09. The summed E-state index contributed by atoms with van der Waals surface area (Å²) < 4.78 is 5.09. The largest absolute Gasteiger partial charge is 0.383 e. The van der Waals surface area contributed by atoms with Crippen LogP contribution in [0.3, 0.4) is 0 Å². The van der Waals surface area contributed by atoms with E-state index in [2.05, 4.69) is 39.2 Å². The molecule has 0 saturated carbocycles. The minimum atomic E-state index is 0.591. The second-order valence-corrected chi connectivity index (χ2v) is 5.46. The summed E-state index contributed by atoms with van der Waals surface area (Å²) in [6, 6.07) is 4.87. The highest BCUT2D eigenvalue weighted by atomic mass is 16.5. The van der Waals surface area contributed by atoms with Gasteiger partial charge in [0.2, 0.25) is 0 Å². The molecular formula is C15H26N4O. The molecule has 0 amide bonds. The van der Waals surface area contributed by atoms with Crippen LogP contribution in [-0.2, 0) is 11.3 Å². The maximum absolute atomic E-state index is 5.09. The van der Waals surface area contributed by atoms with Crippen LogP contribution in [-0.4, -0.2) is 62.9 Å². The summed E-state index contributed by atoms with van der Waals surface area (Å²) >= 11 is 0. The number of piperazine rings is 1. The molecule has 1 unspecified atom stereocenters. The number of methoxy groups -OCH3 is 1. The van der Waals surface area contributed by atoms with Gasteiger partial charge in [0.25, 0.3) is 0 Å². The van der Waals surface area contributed by atoms with Crippen LogP contribution in [0.25, 0.3) is 0 Å². The van der Waals surface area contributed by atoms with Crippen LogP contribution in [0.5, 0.6) is 0 Å². The molecule has 1 saturated heterocycles. The monoisotopic (exact) mass is 278 g/mol. The van der Waals surface area contributed by atoms with Crippen molar-refractivity contribution in [2.24, 2.45) is 0 Å². The molecule has 5 nitrogen and oxygen atoms in total. The van der Waals surface area contributed by atoms with Gasteiger partial charge in [-0.05, 0) is 18.6 Å². The number of likely N-dealkylation sites (N-methyl/N-ethyl adjacent to an activating group) is 1. The van der Waals surface area contributed by atoms with Gasteiger partial charge in [-0.3, -0.25) is 4.90 Å². The molecule has 0 aliphatic carbocycles. The van der Waals surface area contributed by atoms with Gasteiger partial charge in [-0.15, -0.1) is 0 Å². The zero-order chi connectivity index (χ0) is 14.4. The van der Waals surface area contributed by atoms with Crippen molar-refractivity contribution in [1.82, 2.24) is 15.2 Å². The first-order chi connectivity index (χ1) is 9.70. The molecule has 0 radical (unpaired) electrons. The van der Waals surface area contributed by atoms with Crippen LogP contribution in [0.2, 0.25) is 0 Å². The van der Waals surface area contributed by atoms with E-state index < -0.39 is 0 Å². The van der Waals surface area contributed by atoms with E-state index in [1.54, 1.807) is 7.11 Å². The first-order valence-electron chi connectivity index (χ1n) is 7.30. The number of ether oxygens (including phenoxy) is 1. The fourth-order valence-electron chi connectivity index (χ4n) is 2.43. The summed E-state index contributed by atoms with van der Waals surface area (Å²) in [6.45, 7) is 8.10. The highest BCUT2D eigenvalue weighted by Gasteiger charge is 2.17. The summed E-state index contributed by atoms with van der Waals surface area (Å²) in [5.41, 5.74) is 1.28. The van der Waals surface area contributed by atoms with Gasteiger partial charge in [-0.2, -0.15) is 0 Å². The van der Waals surface area contributed by atoms with Crippen LogP contribution in [0.15, 0.2) is 18.3 Å². The van der Waals surface area contributed by atoms with Crippen molar-refractivity contribution in [2.45, 2.75) is 19.5 Å². The molecular weight excluding hydrogens is 252 g/mol. The minimum Gasteiger partial charge on any atom is -0.383 e. The van der Waals surface area contributed by atoms with E-state index >= 15 is 0 Å². The zero-order valence-corrected chi connectivity index (χ0v) is 12.8. The summed E-state index contributed by atoms with van der Waals surface area (Å²) in [5.74, 6) is 0.999. The molecule has 2 heterocycles. The van der Waals surface area contributed by atoms with Crippen molar-refractivity contribution < 1.29 is 4.74 Å². The summed E-state index contributed by atoms with van der Waals surface area (Å²) in [6.07, 6.45) is 1.99. The Bertz CT molecular complexity index is 395. The van der Waals surface area contributed by atoms with Crippen LogP contribution in [0, 0.1) is 0 Å². The van der Waals surface area contributed by atoms with Gasteiger partial charge in [-0.1, -0.05) is 6.07 Å². The van der Waals surface area contributed by atoms with Gasteiger partial charge >= 0.3 is 0 Å². The molecule has 112 valence electrons. The van der Waals surface area contributed by atoms with E-state index in [-0.39, 0.29) is 0 Å². The SMILES string of the molecule is COCCN(C)c1ccc(CN2CCNCC2C)cn1. The zero-order valence-electron chi connectivity index (χ0n) is 12.8. The third-order valence-electron chi connectivity index (χ3n) is 3.86. The van der Waals surface area contributed by atoms with E-state index in [0.29, 0.717) is 6.04 Å². The van der Waals surface area contributed by atoms with Gasteiger partial charge < -0.3 is 15.0 Å². The molecule has 1 N–H and O–H groups in total. The average molecular weight is 278 g/mol. The molecule has 1 aromatic rings. The molecule has 1 atom stereocenters. The molecule has 0 bridgehead atoms. The second-order valence-electron chi connectivity index (χ2n) is 5.46. The van der Waals surface area contributed by atoms with Crippen molar-refractivity contribution >= 4 is 5.82 Å². The number of rotatable bonds is 6. The highest BCUT2D eigenvalue weighted by Crippen LogP contribution is 2.13. The number of nitrogens with one attached hydrogen (secondary N) is 1. The third-order valence-corrected chi connectivity index (χ3v) is 3.86. The smallest absolute Gasteiger partial charge is 0.128 e. The summed E-state index contributed by atoms with van der Waals surface area (Å²) in [5, 5.41) is 3.42. The van der Waals surface area contributed by atoms with Crippen LogP contribution < -0.4 is 10.2 Å². The highest BCUT2D eigenvalue weighted by molar-refractivity contribution is 5.38. The molecule has 1 aliphatic heterocycles. The van der Waals surface area contributed by atoms with Gasteiger partial charge in [0.05, 0.1) is 6.61 Å². The fraction of sp³-hybridized carbons (Fsp3) is 0.667. The first kappa shape index (κ1) is 15.2. The number of hydrogen-bond donors (Lipinski definition) is 1. The van der Waals surface area contributed by atoms with E-state index in [1.807, 2.05) is 13.2 Å². The quantitative estimate of drug-likeness (QED) is 0.839. The predicted molar refractivity (Wildman–Crippen MR) is 82.1 cm³/mol. The molecule has 1 aliphatic rings. The number of pyridine rings is 1. The Kier molecular flexibility index (Phi) is 5.76. The van der Waals surface area contributed by atoms with E-state index in [9.17, 15) is 0 Å². The molecule has 2 rings (SSSR count). The lowest BCUT2D eigenvalue weighted by molar-refractivity contribution is 0.165. The lowest BCUT2D eigenvalue weighted by Crippen LogP contribution is -2.49. The third kappa shape index (κ3) is 4.16. The van der Waals surface area contributed by atoms with Gasteiger partial charge in [-0.25, -0.2) is 4.98 Å². The van der Waals surface area contributed by atoms with Crippen molar-refractivity contribution in [2.75, 3.05) is 51.8 Å². The lowest BCUT2D eigenvalue weighted by atomic mass is 10.2. The Labute approximate surface area is 121 Å². The maximum Gasteiger partial charge on any atom is 0.128 e. The lowest BCUT2D eigenvalue weighted by Gasteiger charge is -2.33. The number of anilines is 1. The average Bonchev–Trinajstić information content (AvgIpc) is 2.48. The van der Waals surface area contributed by atoms with Crippen LogP contribution in [0.4, 0.5) is 5.82 Å². The standard InChI is InChI=1S/C15H26N4O/c1-13-10-16-6-7-19(13)12-14-4-5-15(17-11-14)18(2)8-9-20-3/h4-5,11,13,16H,6-10,12H2,1-3H3. The molecule has 20 heavy (non-hydrogen) atoms. The first-order valence-corrected chi connectivity index (χ1v) is 7.30. The Morgan fingerprint density at radius 1 is 1.50 bits per heavy atom. The normalized spacial score (nSPS) is 20.1. The van der Waals surface area contributed by atoms with E-state index in [0.717, 1.165) is 45.1 Å². The molecule has 0 spiro atoms. The Morgan fingerprint density at radius 3 is 3.00 bits per heavy atom. The van der Waals surface area contributed by atoms with Crippen molar-refractivity contribution in [3.63, 3.8) is 0 Å². The number of nitrogens with zero attached hydrogens (tertiary/aromatic N) is 3. The number of hydrogen-bond acceptors (Lipinski definition) is 5. The number of aromatic nitrogens is 1. The van der Waals surface area contributed by atoms with Gasteiger partial charge in [0, 0.05) is 59.1 Å². The topological polar surface area (TPSA) is 40.6 Å². The van der Waals surface area contributed by atoms with E-state index in [1.165, 1.54) is 5.56 Å². The van der Waals surface area contributed by atoms with E-state index in [4.69, 9.17) is 4.74 Å². The van der Waals surface area contributed by atoms with Crippen molar-refractivity contribution in [3.8, 4) is 0 Å². The Hall–Kier alpha value is -1.17. The summed E-state index contributed by atoms with van der Waals surface area (Å²) in [7, 11) is 3.76. The molecule has 1 fully saturated rings. The molecule has 0 aromatic carbocycles. The predicted octanol–water partition coefficient (Wildman–Crippen LogP) is 0.958. The minimum absolute atomic E-state index is 0.591. The van der Waals surface area contributed by atoms with Crippen LogP contribution in [0.1, 0.15) is 12.5 Å². The van der Waals surface area contributed by atoms with Gasteiger partial charge in [0.1, 0.15) is 5.82 Å². The van der Waals surface area contributed by atoms with Gasteiger partial charge in [0.15, 0.2) is 0 Å².